The van der Waals surface area contributed by atoms with E-state index in [9.17, 15) is 10.2 Å². The first-order valence-electron chi connectivity index (χ1n) is 9.98. The van der Waals surface area contributed by atoms with Crippen molar-refractivity contribution in [1.29, 1.82) is 0 Å². The highest BCUT2D eigenvalue weighted by atomic mass is 16.3. The minimum Gasteiger partial charge on any atom is -0.394 e. The van der Waals surface area contributed by atoms with Gasteiger partial charge in [0, 0.05) is 6.04 Å². The summed E-state index contributed by atoms with van der Waals surface area (Å²) in [6, 6.07) is 9.40. The summed E-state index contributed by atoms with van der Waals surface area (Å²) in [6.45, 7) is 8.08. The molecule has 156 valence electrons. The van der Waals surface area contributed by atoms with E-state index in [4.69, 9.17) is 0 Å². The lowest BCUT2D eigenvalue weighted by atomic mass is 10.1. The number of aliphatic hydroxyl groups is 2. The lowest BCUT2D eigenvalue weighted by Gasteiger charge is -2.22. The Morgan fingerprint density at radius 3 is 2.28 bits per heavy atom. The molecule has 2 atom stereocenters. The van der Waals surface area contributed by atoms with Crippen LogP contribution in [0.15, 0.2) is 36.7 Å². The van der Waals surface area contributed by atoms with Gasteiger partial charge in [-0.25, -0.2) is 4.98 Å². The van der Waals surface area contributed by atoms with Gasteiger partial charge in [0.05, 0.1) is 31.6 Å². The van der Waals surface area contributed by atoms with Crippen LogP contribution in [0.2, 0.25) is 0 Å². The van der Waals surface area contributed by atoms with Gasteiger partial charge in [-0.1, -0.05) is 44.2 Å². The fourth-order valence-corrected chi connectivity index (χ4v) is 3.13. The predicted octanol–water partition coefficient (Wildman–Crippen LogP) is 2.98. The summed E-state index contributed by atoms with van der Waals surface area (Å²) >= 11 is 0. The Balaban J connectivity index is 2.04. The molecule has 1 aromatic carbocycles. The standard InChI is InChI=1S/C21H30N6O2/c1-13(2)16(10-28)24-21-25-19(18-20(26-21)27(12-22-18)14(3)4)23-17(11-29)15-8-6-5-7-9-15/h5-9,12-14,16-17,28-29H,10-11H2,1-4H3,(H2,23,24,25,26)/t16-,17-/m0/s1. The first-order valence-corrected chi connectivity index (χ1v) is 9.98. The zero-order chi connectivity index (χ0) is 21.0. The first kappa shape index (κ1) is 21.0. The third kappa shape index (κ3) is 4.65. The normalized spacial score (nSPS) is 13.8. The van der Waals surface area contributed by atoms with Crippen LogP contribution >= 0.6 is 0 Å². The van der Waals surface area contributed by atoms with Crippen LogP contribution in [0.5, 0.6) is 0 Å². The molecule has 29 heavy (non-hydrogen) atoms. The number of fused-ring (bicyclic) bond motifs is 1. The smallest absolute Gasteiger partial charge is 0.227 e. The summed E-state index contributed by atoms with van der Waals surface area (Å²) < 4.78 is 1.98. The van der Waals surface area contributed by atoms with Crippen molar-refractivity contribution in [2.45, 2.75) is 45.8 Å². The Kier molecular flexibility index (Phi) is 6.66. The van der Waals surface area contributed by atoms with E-state index in [2.05, 4.69) is 39.4 Å². The number of anilines is 2. The van der Waals surface area contributed by atoms with Crippen molar-refractivity contribution < 1.29 is 10.2 Å². The van der Waals surface area contributed by atoms with E-state index in [1.54, 1.807) is 6.33 Å². The number of aromatic nitrogens is 4. The highest BCUT2D eigenvalue weighted by Gasteiger charge is 2.20. The largest absolute Gasteiger partial charge is 0.394 e. The van der Waals surface area contributed by atoms with Crippen LogP contribution in [0.25, 0.3) is 11.2 Å². The molecule has 0 aliphatic heterocycles. The lowest BCUT2D eigenvalue weighted by molar-refractivity contribution is 0.248. The lowest BCUT2D eigenvalue weighted by Crippen LogP contribution is -2.30. The van der Waals surface area contributed by atoms with Crippen LogP contribution in [0.4, 0.5) is 11.8 Å². The van der Waals surface area contributed by atoms with E-state index in [1.807, 2.05) is 48.7 Å². The molecule has 0 saturated carbocycles. The summed E-state index contributed by atoms with van der Waals surface area (Å²) in [4.78, 5) is 13.8. The zero-order valence-electron chi connectivity index (χ0n) is 17.4. The van der Waals surface area contributed by atoms with Crippen LogP contribution in [0.1, 0.15) is 45.3 Å². The van der Waals surface area contributed by atoms with E-state index in [-0.39, 0.29) is 37.3 Å². The van der Waals surface area contributed by atoms with Gasteiger partial charge in [-0.15, -0.1) is 0 Å². The van der Waals surface area contributed by atoms with Crippen molar-refractivity contribution in [2.24, 2.45) is 5.92 Å². The van der Waals surface area contributed by atoms with Crippen molar-refractivity contribution in [1.82, 2.24) is 19.5 Å². The Morgan fingerprint density at radius 2 is 1.69 bits per heavy atom. The van der Waals surface area contributed by atoms with Crippen LogP contribution in [0, 0.1) is 5.92 Å². The molecule has 0 radical (unpaired) electrons. The molecule has 3 aromatic rings. The minimum absolute atomic E-state index is 0.0193. The van der Waals surface area contributed by atoms with Gasteiger partial charge in [0.25, 0.3) is 0 Å². The number of benzene rings is 1. The molecule has 2 heterocycles. The molecule has 0 amide bonds. The maximum atomic E-state index is 9.95. The average molecular weight is 399 g/mol. The third-order valence-corrected chi connectivity index (χ3v) is 4.99. The number of hydrogen-bond donors (Lipinski definition) is 4. The second kappa shape index (κ2) is 9.19. The maximum absolute atomic E-state index is 9.95. The second-order valence-electron chi connectivity index (χ2n) is 7.78. The number of nitrogens with one attached hydrogen (secondary N) is 2. The Morgan fingerprint density at radius 1 is 0.966 bits per heavy atom. The fraction of sp³-hybridized carbons (Fsp3) is 0.476. The van der Waals surface area contributed by atoms with Crippen molar-refractivity contribution >= 4 is 22.9 Å². The predicted molar refractivity (Wildman–Crippen MR) is 115 cm³/mol. The average Bonchev–Trinajstić information content (AvgIpc) is 3.15. The molecule has 0 aliphatic carbocycles. The molecule has 8 nitrogen and oxygen atoms in total. The Hall–Kier alpha value is -2.71. The molecule has 3 rings (SSSR count). The highest BCUT2D eigenvalue weighted by molar-refractivity contribution is 5.84. The van der Waals surface area contributed by atoms with Crippen LogP contribution in [0.3, 0.4) is 0 Å². The van der Waals surface area contributed by atoms with Crippen molar-refractivity contribution in [3.63, 3.8) is 0 Å². The SMILES string of the molecule is CC(C)[C@H](CO)Nc1nc(N[C@@H](CO)c2ccccc2)c2ncn(C(C)C)c2n1. The van der Waals surface area contributed by atoms with Gasteiger partial charge < -0.3 is 25.4 Å². The zero-order valence-corrected chi connectivity index (χ0v) is 17.4. The number of aliphatic hydroxyl groups excluding tert-OH is 2. The van der Waals surface area contributed by atoms with Crippen LogP contribution < -0.4 is 10.6 Å². The first-order chi connectivity index (χ1) is 13.9. The van der Waals surface area contributed by atoms with Gasteiger partial charge in [0.15, 0.2) is 17.0 Å². The monoisotopic (exact) mass is 398 g/mol. The quantitative estimate of drug-likeness (QED) is 0.439. The molecule has 0 bridgehead atoms. The molecule has 0 aliphatic rings. The number of hydrogen-bond acceptors (Lipinski definition) is 7. The van der Waals surface area contributed by atoms with Crippen LogP contribution in [-0.4, -0.2) is 49.0 Å². The van der Waals surface area contributed by atoms with E-state index in [1.165, 1.54) is 0 Å². The van der Waals surface area contributed by atoms with Crippen molar-refractivity contribution in [3.05, 3.63) is 42.2 Å². The Labute approximate surface area is 171 Å². The molecule has 4 N–H and O–H groups in total. The molecule has 0 saturated heterocycles. The molecule has 8 heteroatoms. The minimum atomic E-state index is -0.329. The number of rotatable bonds is 9. The van der Waals surface area contributed by atoms with E-state index >= 15 is 0 Å². The summed E-state index contributed by atoms with van der Waals surface area (Å²) in [5.41, 5.74) is 2.30. The van der Waals surface area contributed by atoms with Crippen molar-refractivity contribution in [2.75, 3.05) is 23.8 Å². The van der Waals surface area contributed by atoms with Crippen LogP contribution in [-0.2, 0) is 0 Å². The van der Waals surface area contributed by atoms with E-state index < -0.39 is 0 Å². The molecular weight excluding hydrogens is 368 g/mol. The van der Waals surface area contributed by atoms with E-state index in [0.29, 0.717) is 22.9 Å². The van der Waals surface area contributed by atoms with Gasteiger partial charge in [0.2, 0.25) is 5.95 Å². The summed E-state index contributed by atoms with van der Waals surface area (Å²) in [7, 11) is 0. The number of nitrogens with zero attached hydrogens (tertiary/aromatic N) is 4. The van der Waals surface area contributed by atoms with Gasteiger partial charge in [-0.3, -0.25) is 0 Å². The van der Waals surface area contributed by atoms with Gasteiger partial charge in [0.1, 0.15) is 0 Å². The highest BCUT2D eigenvalue weighted by Crippen LogP contribution is 2.27. The van der Waals surface area contributed by atoms with Gasteiger partial charge in [-0.2, -0.15) is 9.97 Å². The fourth-order valence-electron chi connectivity index (χ4n) is 3.13. The summed E-state index contributed by atoms with van der Waals surface area (Å²) in [6.07, 6.45) is 1.75. The third-order valence-electron chi connectivity index (χ3n) is 4.99. The molecule has 0 fully saturated rings. The topological polar surface area (TPSA) is 108 Å². The van der Waals surface area contributed by atoms with E-state index in [0.717, 1.165) is 5.56 Å². The molecule has 2 aromatic heterocycles. The Bertz CT molecular complexity index is 926. The number of imidazole rings is 1. The summed E-state index contributed by atoms with van der Waals surface area (Å²) in [5, 5.41) is 26.2. The van der Waals surface area contributed by atoms with Gasteiger partial charge >= 0.3 is 0 Å². The second-order valence-corrected chi connectivity index (χ2v) is 7.78. The van der Waals surface area contributed by atoms with Crippen molar-refractivity contribution in [3.8, 4) is 0 Å². The maximum Gasteiger partial charge on any atom is 0.227 e. The molecule has 0 unspecified atom stereocenters. The molecular formula is C21H30N6O2. The van der Waals surface area contributed by atoms with Gasteiger partial charge in [-0.05, 0) is 25.3 Å². The summed E-state index contributed by atoms with van der Waals surface area (Å²) in [5.74, 6) is 1.17. The molecule has 0 spiro atoms.